The fraction of sp³-hybridized carbons (Fsp3) is 0.182. The van der Waals surface area contributed by atoms with Crippen LogP contribution in [0, 0.1) is 5.82 Å². The number of benzene rings is 2. The summed E-state index contributed by atoms with van der Waals surface area (Å²) in [6.45, 7) is 0.611. The number of fused-ring (bicyclic) bond motifs is 1. The number of nitrogens with one attached hydrogen (secondary N) is 2. The molecule has 0 saturated carbocycles. The van der Waals surface area contributed by atoms with Crippen LogP contribution in [0.5, 0.6) is 0 Å². The number of halogens is 2. The summed E-state index contributed by atoms with van der Waals surface area (Å²) in [5.41, 5.74) is 4.05. The zero-order valence-electron chi connectivity index (χ0n) is 15.9. The van der Waals surface area contributed by atoms with Crippen molar-refractivity contribution in [1.29, 1.82) is 0 Å². The molecule has 7 heteroatoms. The lowest BCUT2D eigenvalue weighted by Gasteiger charge is -2.15. The average Bonchev–Trinajstić information content (AvgIpc) is 3.34. The monoisotopic (exact) mass is 410 g/mol. The molecule has 5 nitrogen and oxygen atoms in total. The van der Waals surface area contributed by atoms with Crippen LogP contribution < -0.4 is 0 Å². The first-order valence-electron chi connectivity index (χ1n) is 9.33. The van der Waals surface area contributed by atoms with Crippen LogP contribution in [0.25, 0.3) is 22.2 Å². The maximum absolute atomic E-state index is 13.0. The number of hydrogen-bond donors (Lipinski definition) is 2. The number of H-pyrrole nitrogens is 2. The molecule has 4 rings (SSSR count). The first kappa shape index (κ1) is 19.2. The summed E-state index contributed by atoms with van der Waals surface area (Å²) in [7, 11) is 1.79. The van der Waals surface area contributed by atoms with Gasteiger partial charge in [-0.25, -0.2) is 4.39 Å². The third kappa shape index (κ3) is 4.32. The summed E-state index contributed by atoms with van der Waals surface area (Å²) in [6.07, 6.45) is 1.55. The predicted molar refractivity (Wildman–Crippen MR) is 113 cm³/mol. The van der Waals surface area contributed by atoms with Crippen molar-refractivity contribution in [1.82, 2.24) is 20.1 Å². The summed E-state index contributed by atoms with van der Waals surface area (Å²) >= 11 is 6.01. The third-order valence-electron chi connectivity index (χ3n) is 4.87. The number of carbonyl (C=O) groups is 1. The minimum atomic E-state index is -0.268. The Morgan fingerprint density at radius 2 is 1.93 bits per heavy atom. The summed E-state index contributed by atoms with van der Waals surface area (Å²) < 4.78 is 13.0. The molecule has 0 aliphatic heterocycles. The van der Waals surface area contributed by atoms with Crippen LogP contribution in [0.3, 0.4) is 0 Å². The van der Waals surface area contributed by atoms with Crippen LogP contribution in [-0.4, -0.2) is 39.6 Å². The Kier molecular flexibility index (Phi) is 5.36. The van der Waals surface area contributed by atoms with Gasteiger partial charge in [-0.3, -0.25) is 9.89 Å². The van der Waals surface area contributed by atoms with Crippen molar-refractivity contribution in [3.8, 4) is 11.3 Å². The van der Waals surface area contributed by atoms with E-state index in [1.165, 1.54) is 12.1 Å². The zero-order valence-corrected chi connectivity index (χ0v) is 16.6. The first-order chi connectivity index (χ1) is 14.0. The largest absolute Gasteiger partial charge is 0.351 e. The molecule has 0 unspecified atom stereocenters. The van der Waals surface area contributed by atoms with Gasteiger partial charge in [0.2, 0.25) is 0 Å². The van der Waals surface area contributed by atoms with E-state index in [0.29, 0.717) is 17.3 Å². The quantitative estimate of drug-likeness (QED) is 0.467. The average molecular weight is 411 g/mol. The number of amides is 1. The summed E-state index contributed by atoms with van der Waals surface area (Å²) in [6, 6.07) is 15.5. The van der Waals surface area contributed by atoms with Gasteiger partial charge in [-0.1, -0.05) is 11.6 Å². The van der Waals surface area contributed by atoms with E-state index in [4.69, 9.17) is 11.6 Å². The summed E-state index contributed by atoms with van der Waals surface area (Å²) in [5.74, 6) is -0.329. The molecular weight excluding hydrogens is 391 g/mol. The fourth-order valence-corrected chi connectivity index (χ4v) is 3.47. The molecule has 148 valence electrons. The number of hydrogen-bond acceptors (Lipinski definition) is 2. The number of aromatic nitrogens is 3. The highest BCUT2D eigenvalue weighted by molar-refractivity contribution is 6.31. The molecule has 29 heavy (non-hydrogen) atoms. The van der Waals surface area contributed by atoms with Crippen LogP contribution in [-0.2, 0) is 6.42 Å². The summed E-state index contributed by atoms with van der Waals surface area (Å²) in [5, 5.41) is 8.85. The molecule has 2 N–H and O–H groups in total. The topological polar surface area (TPSA) is 64.8 Å². The highest BCUT2D eigenvalue weighted by atomic mass is 35.5. The standard InChI is InChI=1S/C22H20ClFN4O/c1-28(22(29)21-12-15-11-16(23)6-9-19(15)25-21)10-2-3-18-13-20(27-26-18)14-4-7-17(24)8-5-14/h4-9,11-13,25H,2-3,10H2,1H3,(H,26,27). The van der Waals surface area contributed by atoms with Crippen molar-refractivity contribution in [3.63, 3.8) is 0 Å². The lowest BCUT2D eigenvalue weighted by atomic mass is 10.1. The molecule has 0 bridgehead atoms. The predicted octanol–water partition coefficient (Wildman–Crippen LogP) is 5.06. The molecule has 0 saturated heterocycles. The SMILES string of the molecule is CN(CCCc1cc(-c2ccc(F)cc2)n[nH]1)C(=O)c1cc2cc(Cl)ccc2[nH]1. The van der Waals surface area contributed by atoms with Crippen LogP contribution in [0.1, 0.15) is 22.6 Å². The number of aryl methyl sites for hydroxylation is 1. The van der Waals surface area contributed by atoms with Gasteiger partial charge in [0.15, 0.2) is 0 Å². The Bertz CT molecular complexity index is 1150. The van der Waals surface area contributed by atoms with E-state index in [1.54, 1.807) is 30.1 Å². The Labute approximate surface area is 172 Å². The van der Waals surface area contributed by atoms with Gasteiger partial charge in [0.1, 0.15) is 11.5 Å². The molecule has 2 heterocycles. The van der Waals surface area contributed by atoms with E-state index in [0.717, 1.165) is 40.7 Å². The minimum absolute atomic E-state index is 0.0612. The van der Waals surface area contributed by atoms with E-state index >= 15 is 0 Å². The Balaban J connectivity index is 1.34. The molecule has 0 aliphatic carbocycles. The van der Waals surface area contributed by atoms with E-state index < -0.39 is 0 Å². The van der Waals surface area contributed by atoms with Crippen LogP contribution >= 0.6 is 11.6 Å². The lowest BCUT2D eigenvalue weighted by molar-refractivity contribution is 0.0788. The van der Waals surface area contributed by atoms with Crippen molar-refractivity contribution in [2.45, 2.75) is 12.8 Å². The first-order valence-corrected chi connectivity index (χ1v) is 9.71. The van der Waals surface area contributed by atoms with Crippen LogP contribution in [0.4, 0.5) is 4.39 Å². The minimum Gasteiger partial charge on any atom is -0.351 e. The van der Waals surface area contributed by atoms with E-state index in [1.807, 2.05) is 24.3 Å². The van der Waals surface area contributed by atoms with Gasteiger partial charge >= 0.3 is 0 Å². The molecule has 0 fully saturated rings. The Morgan fingerprint density at radius 3 is 2.72 bits per heavy atom. The second-order valence-corrected chi connectivity index (χ2v) is 7.47. The number of rotatable bonds is 6. The fourth-order valence-electron chi connectivity index (χ4n) is 3.29. The lowest BCUT2D eigenvalue weighted by Crippen LogP contribution is -2.28. The Morgan fingerprint density at radius 1 is 1.14 bits per heavy atom. The van der Waals surface area contributed by atoms with Gasteiger partial charge < -0.3 is 9.88 Å². The van der Waals surface area contributed by atoms with Crippen LogP contribution in [0.2, 0.25) is 5.02 Å². The zero-order chi connectivity index (χ0) is 20.4. The van der Waals surface area contributed by atoms with Gasteiger partial charge in [0, 0.05) is 40.8 Å². The van der Waals surface area contributed by atoms with E-state index in [9.17, 15) is 9.18 Å². The smallest absolute Gasteiger partial charge is 0.270 e. The van der Waals surface area contributed by atoms with Gasteiger partial charge in [0.05, 0.1) is 5.69 Å². The Hall–Kier alpha value is -3.12. The summed E-state index contributed by atoms with van der Waals surface area (Å²) in [4.78, 5) is 17.5. The van der Waals surface area contributed by atoms with Gasteiger partial charge in [-0.05, 0) is 67.4 Å². The molecule has 0 spiro atoms. The molecule has 2 aromatic carbocycles. The molecular formula is C22H20ClFN4O. The maximum Gasteiger partial charge on any atom is 0.270 e. The van der Waals surface area contributed by atoms with Crippen LogP contribution in [0.15, 0.2) is 54.6 Å². The molecule has 4 aromatic rings. The molecule has 2 aromatic heterocycles. The molecule has 0 radical (unpaired) electrons. The number of aromatic amines is 2. The van der Waals surface area contributed by atoms with Gasteiger partial charge in [0.25, 0.3) is 5.91 Å². The maximum atomic E-state index is 13.0. The van der Waals surface area contributed by atoms with Crippen molar-refractivity contribution >= 4 is 28.4 Å². The molecule has 0 aliphatic rings. The number of carbonyl (C=O) groups excluding carboxylic acids is 1. The normalized spacial score (nSPS) is 11.1. The second-order valence-electron chi connectivity index (χ2n) is 7.03. The van der Waals surface area contributed by atoms with Crippen molar-refractivity contribution in [2.24, 2.45) is 0 Å². The van der Waals surface area contributed by atoms with Crippen molar-refractivity contribution in [2.75, 3.05) is 13.6 Å². The second kappa shape index (κ2) is 8.09. The highest BCUT2D eigenvalue weighted by Gasteiger charge is 2.14. The molecule has 0 atom stereocenters. The van der Waals surface area contributed by atoms with Gasteiger partial charge in [-0.15, -0.1) is 0 Å². The number of nitrogens with zero attached hydrogens (tertiary/aromatic N) is 2. The van der Waals surface area contributed by atoms with E-state index in [-0.39, 0.29) is 11.7 Å². The molecule has 1 amide bonds. The van der Waals surface area contributed by atoms with E-state index in [2.05, 4.69) is 15.2 Å². The van der Waals surface area contributed by atoms with Crippen molar-refractivity contribution < 1.29 is 9.18 Å². The van der Waals surface area contributed by atoms with Gasteiger partial charge in [-0.2, -0.15) is 5.10 Å². The third-order valence-corrected chi connectivity index (χ3v) is 5.11. The highest BCUT2D eigenvalue weighted by Crippen LogP contribution is 2.21. The van der Waals surface area contributed by atoms with Crippen molar-refractivity contribution in [3.05, 3.63) is 76.8 Å².